The molecule has 1 rings (SSSR count). The van der Waals surface area contributed by atoms with E-state index in [1.165, 1.54) is 11.8 Å². The Morgan fingerprint density at radius 2 is 2.50 bits per heavy atom. The minimum absolute atomic E-state index is 0.116. The lowest BCUT2D eigenvalue weighted by Gasteiger charge is -1.99. The molecule has 0 saturated heterocycles. The zero-order valence-corrected chi connectivity index (χ0v) is 7.21. The molecule has 62 valence electrons. The molecule has 0 radical (unpaired) electrons. The Morgan fingerprint density at radius 3 is 3.17 bits per heavy atom. The van der Waals surface area contributed by atoms with Gasteiger partial charge in [-0.05, 0) is 12.1 Å². The minimum Gasteiger partial charge on any atom is -0.396 e. The lowest BCUT2D eigenvalue weighted by molar-refractivity contribution is 0.322. The van der Waals surface area contributed by atoms with Crippen LogP contribution in [0.2, 0.25) is 0 Å². The smallest absolute Gasteiger partial charge is 0.153 e. The highest BCUT2D eigenvalue weighted by molar-refractivity contribution is 7.99. The van der Waals surface area contributed by atoms with E-state index in [0.717, 1.165) is 4.90 Å². The molecule has 0 amide bonds. The van der Waals surface area contributed by atoms with Crippen molar-refractivity contribution >= 4 is 11.8 Å². The fraction of sp³-hybridized carbons (Fsp3) is 0.250. The third kappa shape index (κ3) is 2.22. The van der Waals surface area contributed by atoms with E-state index >= 15 is 0 Å². The SMILES string of the molecule is N#Cc1ncccc1SCCO. The molecule has 1 heterocycles. The van der Waals surface area contributed by atoms with Crippen molar-refractivity contribution in [1.82, 2.24) is 4.98 Å². The van der Waals surface area contributed by atoms with E-state index in [1.54, 1.807) is 12.3 Å². The summed E-state index contributed by atoms with van der Waals surface area (Å²) in [6.07, 6.45) is 1.58. The molecule has 12 heavy (non-hydrogen) atoms. The van der Waals surface area contributed by atoms with Crippen LogP contribution < -0.4 is 0 Å². The molecule has 0 saturated carbocycles. The van der Waals surface area contributed by atoms with Gasteiger partial charge in [-0.25, -0.2) is 4.98 Å². The predicted molar refractivity (Wildman–Crippen MR) is 46.8 cm³/mol. The summed E-state index contributed by atoms with van der Waals surface area (Å²) in [5, 5.41) is 17.2. The summed E-state index contributed by atoms with van der Waals surface area (Å²) >= 11 is 1.44. The summed E-state index contributed by atoms with van der Waals surface area (Å²) in [6.45, 7) is 0.116. The van der Waals surface area contributed by atoms with Crippen molar-refractivity contribution in [2.45, 2.75) is 4.90 Å². The normalized spacial score (nSPS) is 9.33. The van der Waals surface area contributed by atoms with Crippen LogP contribution in [-0.4, -0.2) is 22.5 Å². The van der Waals surface area contributed by atoms with Gasteiger partial charge in [-0.2, -0.15) is 5.26 Å². The van der Waals surface area contributed by atoms with Gasteiger partial charge in [0.05, 0.1) is 6.61 Å². The van der Waals surface area contributed by atoms with E-state index in [0.29, 0.717) is 11.4 Å². The van der Waals surface area contributed by atoms with Crippen LogP contribution in [0.25, 0.3) is 0 Å². The van der Waals surface area contributed by atoms with E-state index in [1.807, 2.05) is 12.1 Å². The van der Waals surface area contributed by atoms with E-state index in [2.05, 4.69) is 4.98 Å². The molecule has 0 atom stereocenters. The molecule has 0 unspecified atom stereocenters. The van der Waals surface area contributed by atoms with Gasteiger partial charge in [0.1, 0.15) is 6.07 Å². The summed E-state index contributed by atoms with van der Waals surface area (Å²) in [6, 6.07) is 5.59. The first-order valence-corrected chi connectivity index (χ1v) is 4.46. The first-order chi connectivity index (χ1) is 5.88. The van der Waals surface area contributed by atoms with Gasteiger partial charge in [-0.1, -0.05) is 0 Å². The third-order valence-electron chi connectivity index (χ3n) is 1.23. The van der Waals surface area contributed by atoms with Gasteiger partial charge in [-0.15, -0.1) is 11.8 Å². The van der Waals surface area contributed by atoms with Gasteiger partial charge in [0.15, 0.2) is 5.69 Å². The first-order valence-electron chi connectivity index (χ1n) is 3.47. The largest absolute Gasteiger partial charge is 0.396 e. The lowest BCUT2D eigenvalue weighted by atomic mass is 10.4. The highest BCUT2D eigenvalue weighted by Gasteiger charge is 2.00. The quantitative estimate of drug-likeness (QED) is 0.706. The number of aliphatic hydroxyl groups excluding tert-OH is 1. The predicted octanol–water partition coefficient (Wildman–Crippen LogP) is 1.04. The summed E-state index contributed by atoms with van der Waals surface area (Å²) in [5.41, 5.74) is 0.427. The third-order valence-corrected chi connectivity index (χ3v) is 2.25. The second-order valence-electron chi connectivity index (χ2n) is 2.03. The van der Waals surface area contributed by atoms with E-state index in [9.17, 15) is 0 Å². The molecular weight excluding hydrogens is 172 g/mol. The molecule has 0 aliphatic rings. The fourth-order valence-corrected chi connectivity index (χ4v) is 1.47. The van der Waals surface area contributed by atoms with Gasteiger partial charge < -0.3 is 5.11 Å². The van der Waals surface area contributed by atoms with E-state index in [4.69, 9.17) is 10.4 Å². The molecule has 1 aromatic heterocycles. The summed E-state index contributed by atoms with van der Waals surface area (Å²) in [7, 11) is 0. The van der Waals surface area contributed by atoms with Crippen LogP contribution in [0.3, 0.4) is 0 Å². The number of nitrogens with zero attached hydrogens (tertiary/aromatic N) is 2. The van der Waals surface area contributed by atoms with Crippen LogP contribution in [0.1, 0.15) is 5.69 Å². The second-order valence-corrected chi connectivity index (χ2v) is 3.17. The van der Waals surface area contributed by atoms with Gasteiger partial charge in [0.25, 0.3) is 0 Å². The Bertz CT molecular complexity index is 295. The molecule has 3 nitrogen and oxygen atoms in total. The standard InChI is InChI=1S/C8H8N2OS/c9-6-7-8(12-5-4-11)2-1-3-10-7/h1-3,11H,4-5H2. The lowest BCUT2D eigenvalue weighted by Crippen LogP contribution is -1.89. The average molecular weight is 180 g/mol. The number of aromatic nitrogens is 1. The monoisotopic (exact) mass is 180 g/mol. The molecule has 0 aromatic carbocycles. The van der Waals surface area contributed by atoms with Crippen molar-refractivity contribution in [2.24, 2.45) is 0 Å². The maximum Gasteiger partial charge on any atom is 0.153 e. The Labute approximate surface area is 75.1 Å². The van der Waals surface area contributed by atoms with Crippen molar-refractivity contribution in [2.75, 3.05) is 12.4 Å². The topological polar surface area (TPSA) is 56.9 Å². The number of nitriles is 1. The molecule has 1 aromatic rings. The van der Waals surface area contributed by atoms with Gasteiger partial charge in [-0.3, -0.25) is 0 Å². The van der Waals surface area contributed by atoms with Crippen molar-refractivity contribution in [3.8, 4) is 6.07 Å². The molecule has 0 bridgehead atoms. The Kier molecular flexibility index (Phi) is 3.58. The van der Waals surface area contributed by atoms with Crippen molar-refractivity contribution < 1.29 is 5.11 Å². The van der Waals surface area contributed by atoms with Crippen molar-refractivity contribution in [3.05, 3.63) is 24.0 Å². The molecular formula is C8H8N2OS. The van der Waals surface area contributed by atoms with Gasteiger partial charge in [0, 0.05) is 16.8 Å². The molecule has 0 fully saturated rings. The zero-order chi connectivity index (χ0) is 8.81. The van der Waals surface area contributed by atoms with Crippen molar-refractivity contribution in [1.29, 1.82) is 5.26 Å². The second kappa shape index (κ2) is 4.75. The zero-order valence-electron chi connectivity index (χ0n) is 6.40. The van der Waals surface area contributed by atoms with Gasteiger partial charge >= 0.3 is 0 Å². The molecule has 1 N–H and O–H groups in total. The van der Waals surface area contributed by atoms with Crippen LogP contribution in [-0.2, 0) is 0 Å². The van der Waals surface area contributed by atoms with Crippen LogP contribution >= 0.6 is 11.8 Å². The summed E-state index contributed by atoms with van der Waals surface area (Å²) in [5.74, 6) is 0.598. The van der Waals surface area contributed by atoms with Crippen molar-refractivity contribution in [3.63, 3.8) is 0 Å². The first kappa shape index (κ1) is 9.04. The maximum absolute atomic E-state index is 8.63. The minimum atomic E-state index is 0.116. The van der Waals surface area contributed by atoms with Crippen LogP contribution in [0.5, 0.6) is 0 Å². The van der Waals surface area contributed by atoms with Crippen LogP contribution in [0.4, 0.5) is 0 Å². The van der Waals surface area contributed by atoms with Gasteiger partial charge in [0.2, 0.25) is 0 Å². The number of hydrogen-bond donors (Lipinski definition) is 1. The fourth-order valence-electron chi connectivity index (χ4n) is 0.747. The number of thioether (sulfide) groups is 1. The number of rotatable bonds is 3. The summed E-state index contributed by atoms with van der Waals surface area (Å²) in [4.78, 5) is 4.71. The Hall–Kier alpha value is -1.05. The molecule has 4 heteroatoms. The molecule has 0 aliphatic heterocycles. The van der Waals surface area contributed by atoms with E-state index in [-0.39, 0.29) is 6.61 Å². The number of aliphatic hydroxyl groups is 1. The molecule has 0 spiro atoms. The highest BCUT2D eigenvalue weighted by Crippen LogP contribution is 2.19. The Balaban J connectivity index is 2.77. The maximum atomic E-state index is 8.63. The number of pyridine rings is 1. The van der Waals surface area contributed by atoms with Crippen LogP contribution in [0.15, 0.2) is 23.2 Å². The van der Waals surface area contributed by atoms with Crippen LogP contribution in [0, 0.1) is 11.3 Å². The average Bonchev–Trinajstić information content (AvgIpc) is 2.15. The molecule has 0 aliphatic carbocycles. The summed E-state index contributed by atoms with van der Waals surface area (Å²) < 4.78 is 0. The Morgan fingerprint density at radius 1 is 1.67 bits per heavy atom. The number of hydrogen-bond acceptors (Lipinski definition) is 4. The van der Waals surface area contributed by atoms with E-state index < -0.39 is 0 Å². The highest BCUT2D eigenvalue weighted by atomic mass is 32.2.